The van der Waals surface area contributed by atoms with Gasteiger partial charge in [-0.2, -0.15) is 0 Å². The fourth-order valence-corrected chi connectivity index (χ4v) is 2.03. The molecule has 8 heteroatoms. The lowest BCUT2D eigenvalue weighted by Crippen LogP contribution is -2.19. The molecule has 0 spiro atoms. The van der Waals surface area contributed by atoms with Gasteiger partial charge in [-0.3, -0.25) is 19.6 Å². The second kappa shape index (κ2) is 7.21. The van der Waals surface area contributed by atoms with Crippen LogP contribution in [-0.4, -0.2) is 35.4 Å². The van der Waals surface area contributed by atoms with Gasteiger partial charge in [0.1, 0.15) is 5.75 Å². The van der Waals surface area contributed by atoms with Gasteiger partial charge in [-0.15, -0.1) is 0 Å². The fraction of sp³-hybridized carbons (Fsp3) is 0.200. The van der Waals surface area contributed by atoms with Gasteiger partial charge in [0.15, 0.2) is 0 Å². The molecule has 2 heterocycles. The Hall–Kier alpha value is -3.16. The number of carbonyl (C=O) groups is 2. The third kappa shape index (κ3) is 3.54. The van der Waals surface area contributed by atoms with E-state index in [1.807, 2.05) is 6.92 Å². The Morgan fingerprint density at radius 2 is 1.96 bits per heavy atom. The molecule has 4 N–H and O–H groups in total. The van der Waals surface area contributed by atoms with Gasteiger partial charge in [0.25, 0.3) is 11.8 Å². The van der Waals surface area contributed by atoms with Gasteiger partial charge in [0.05, 0.1) is 35.8 Å². The summed E-state index contributed by atoms with van der Waals surface area (Å²) < 4.78 is 5.14. The van der Waals surface area contributed by atoms with Gasteiger partial charge in [-0.05, 0) is 13.0 Å². The lowest BCUT2D eigenvalue weighted by molar-refractivity contribution is 0.0996. The number of primary amides is 1. The topological polar surface area (TPSA) is 119 Å². The van der Waals surface area contributed by atoms with Gasteiger partial charge in [-0.25, -0.2) is 0 Å². The third-order valence-corrected chi connectivity index (χ3v) is 3.06. The first-order chi connectivity index (χ1) is 11.1. The molecule has 0 fully saturated rings. The van der Waals surface area contributed by atoms with Crippen molar-refractivity contribution in [1.29, 1.82) is 0 Å². The van der Waals surface area contributed by atoms with E-state index in [1.54, 1.807) is 6.07 Å². The number of anilines is 2. The molecular formula is C15H17N5O3. The maximum atomic E-state index is 12.4. The molecule has 2 aromatic heterocycles. The summed E-state index contributed by atoms with van der Waals surface area (Å²) in [6.07, 6.45) is 5.70. The first-order valence-electron chi connectivity index (χ1n) is 6.89. The highest BCUT2D eigenvalue weighted by Gasteiger charge is 2.17. The first-order valence-corrected chi connectivity index (χ1v) is 6.89. The molecule has 2 amide bonds. The Bertz CT molecular complexity index is 733. The minimum Gasteiger partial charge on any atom is -0.496 e. The number of rotatable bonds is 6. The van der Waals surface area contributed by atoms with Crippen LogP contribution in [0.5, 0.6) is 5.75 Å². The van der Waals surface area contributed by atoms with Crippen LogP contribution in [0, 0.1) is 0 Å². The summed E-state index contributed by atoms with van der Waals surface area (Å²) in [5.74, 6) is -0.678. The monoisotopic (exact) mass is 315 g/mol. The maximum absolute atomic E-state index is 12.4. The fourth-order valence-electron chi connectivity index (χ4n) is 2.03. The highest BCUT2D eigenvalue weighted by molar-refractivity contribution is 6.09. The maximum Gasteiger partial charge on any atom is 0.261 e. The smallest absolute Gasteiger partial charge is 0.261 e. The zero-order valence-electron chi connectivity index (χ0n) is 12.8. The van der Waals surface area contributed by atoms with E-state index in [0.717, 1.165) is 0 Å². The van der Waals surface area contributed by atoms with Crippen LogP contribution in [0.2, 0.25) is 0 Å². The summed E-state index contributed by atoms with van der Waals surface area (Å²) in [4.78, 5) is 31.8. The quantitative estimate of drug-likeness (QED) is 0.738. The van der Waals surface area contributed by atoms with Crippen molar-refractivity contribution in [1.82, 2.24) is 9.97 Å². The molecule has 0 aliphatic rings. The molecule has 0 aromatic carbocycles. The Labute approximate surface area is 133 Å². The third-order valence-electron chi connectivity index (χ3n) is 3.06. The number of amides is 2. The van der Waals surface area contributed by atoms with Gasteiger partial charge in [0.2, 0.25) is 0 Å². The Balaban J connectivity index is 2.37. The highest BCUT2D eigenvalue weighted by atomic mass is 16.5. The molecule has 0 atom stereocenters. The summed E-state index contributed by atoms with van der Waals surface area (Å²) in [7, 11) is 1.46. The van der Waals surface area contributed by atoms with Crippen LogP contribution in [0.4, 0.5) is 11.4 Å². The van der Waals surface area contributed by atoms with Gasteiger partial charge in [-0.1, -0.05) is 0 Å². The van der Waals surface area contributed by atoms with Gasteiger partial charge in [0, 0.05) is 25.1 Å². The van der Waals surface area contributed by atoms with Crippen LogP contribution in [0.3, 0.4) is 0 Å². The molecule has 2 rings (SSSR count). The highest BCUT2D eigenvalue weighted by Crippen LogP contribution is 2.26. The number of ether oxygens (including phenoxy) is 1. The normalized spacial score (nSPS) is 10.0. The first kappa shape index (κ1) is 16.2. The molecule has 0 aliphatic heterocycles. The second-order valence-electron chi connectivity index (χ2n) is 4.53. The van der Waals surface area contributed by atoms with E-state index in [-0.39, 0.29) is 11.1 Å². The molecule has 0 saturated heterocycles. The molecule has 8 nitrogen and oxygen atoms in total. The minimum absolute atomic E-state index is 0.197. The van der Waals surface area contributed by atoms with E-state index in [0.29, 0.717) is 23.7 Å². The molecular weight excluding hydrogens is 298 g/mol. The summed E-state index contributed by atoms with van der Waals surface area (Å²) in [5, 5.41) is 5.70. The van der Waals surface area contributed by atoms with Crippen molar-refractivity contribution in [3.8, 4) is 5.75 Å². The van der Waals surface area contributed by atoms with Crippen molar-refractivity contribution in [3.63, 3.8) is 0 Å². The number of nitrogens with two attached hydrogens (primary N) is 1. The largest absolute Gasteiger partial charge is 0.496 e. The van der Waals surface area contributed by atoms with E-state index in [4.69, 9.17) is 10.5 Å². The standard InChI is InChI=1S/C15H17N5O3/c1-3-19-13-10(14(16)21)7-18-8-11(13)20-15(22)9-6-17-5-4-12(9)23-2/h4-8H,3H2,1-2H3,(H2,16,21)(H,18,19)(H,20,22). The lowest BCUT2D eigenvalue weighted by Gasteiger charge is -2.15. The van der Waals surface area contributed by atoms with E-state index >= 15 is 0 Å². The average molecular weight is 315 g/mol. The van der Waals surface area contributed by atoms with E-state index in [2.05, 4.69) is 20.6 Å². The summed E-state index contributed by atoms with van der Waals surface area (Å²) in [6.45, 7) is 2.41. The number of nitrogens with one attached hydrogen (secondary N) is 2. The van der Waals surface area contributed by atoms with E-state index in [9.17, 15) is 9.59 Å². The summed E-state index contributed by atoms with van der Waals surface area (Å²) in [6, 6.07) is 1.58. The van der Waals surface area contributed by atoms with Crippen LogP contribution in [0.1, 0.15) is 27.6 Å². The molecule has 0 radical (unpaired) electrons. The number of hydrogen-bond donors (Lipinski definition) is 3. The van der Waals surface area contributed by atoms with Crippen LogP contribution in [0.15, 0.2) is 30.9 Å². The van der Waals surface area contributed by atoms with Crippen LogP contribution in [-0.2, 0) is 0 Å². The molecule has 2 aromatic rings. The van der Waals surface area contributed by atoms with Crippen LogP contribution >= 0.6 is 0 Å². The predicted octanol–water partition coefficient (Wildman–Crippen LogP) is 1.27. The number of carbonyl (C=O) groups excluding carboxylic acids is 2. The Morgan fingerprint density at radius 3 is 2.61 bits per heavy atom. The van der Waals surface area contributed by atoms with Crippen molar-refractivity contribution in [2.75, 3.05) is 24.3 Å². The Kier molecular flexibility index (Phi) is 5.08. The Morgan fingerprint density at radius 1 is 1.22 bits per heavy atom. The number of methoxy groups -OCH3 is 1. The molecule has 23 heavy (non-hydrogen) atoms. The van der Waals surface area contributed by atoms with E-state index in [1.165, 1.54) is 31.9 Å². The van der Waals surface area contributed by atoms with Crippen molar-refractivity contribution in [2.45, 2.75) is 6.92 Å². The zero-order valence-corrected chi connectivity index (χ0v) is 12.8. The number of hydrogen-bond acceptors (Lipinski definition) is 6. The second-order valence-corrected chi connectivity index (χ2v) is 4.53. The SMILES string of the molecule is CCNc1c(NC(=O)c2cnccc2OC)cncc1C(N)=O. The molecule has 0 bridgehead atoms. The van der Waals surface area contributed by atoms with Crippen LogP contribution in [0.25, 0.3) is 0 Å². The molecule has 120 valence electrons. The predicted molar refractivity (Wildman–Crippen MR) is 85.7 cm³/mol. The molecule has 0 aliphatic carbocycles. The van der Waals surface area contributed by atoms with Crippen molar-refractivity contribution in [2.24, 2.45) is 5.73 Å². The van der Waals surface area contributed by atoms with Crippen molar-refractivity contribution >= 4 is 23.2 Å². The average Bonchev–Trinajstić information content (AvgIpc) is 2.56. The summed E-state index contributed by atoms with van der Waals surface area (Å²) in [5.41, 5.74) is 6.57. The summed E-state index contributed by atoms with van der Waals surface area (Å²) >= 11 is 0. The van der Waals surface area contributed by atoms with Gasteiger partial charge >= 0.3 is 0 Å². The molecule has 0 unspecified atom stereocenters. The lowest BCUT2D eigenvalue weighted by atomic mass is 10.1. The zero-order chi connectivity index (χ0) is 16.8. The van der Waals surface area contributed by atoms with Gasteiger partial charge < -0.3 is 21.1 Å². The van der Waals surface area contributed by atoms with Crippen molar-refractivity contribution in [3.05, 3.63) is 42.0 Å². The number of aromatic nitrogens is 2. The number of pyridine rings is 2. The number of nitrogens with zero attached hydrogens (tertiary/aromatic N) is 2. The minimum atomic E-state index is -0.636. The molecule has 0 saturated carbocycles. The van der Waals surface area contributed by atoms with Crippen molar-refractivity contribution < 1.29 is 14.3 Å². The van der Waals surface area contributed by atoms with Crippen LogP contribution < -0.4 is 21.1 Å². The van der Waals surface area contributed by atoms with E-state index < -0.39 is 11.8 Å².